The summed E-state index contributed by atoms with van der Waals surface area (Å²) in [7, 11) is 0. The summed E-state index contributed by atoms with van der Waals surface area (Å²) in [6.07, 6.45) is 0.588. The molecule has 1 aliphatic heterocycles. The van der Waals surface area contributed by atoms with Crippen molar-refractivity contribution < 1.29 is 23.9 Å². The Kier molecular flexibility index (Phi) is 6.43. The third-order valence-corrected chi connectivity index (χ3v) is 5.49. The van der Waals surface area contributed by atoms with Gasteiger partial charge < -0.3 is 10.1 Å². The summed E-state index contributed by atoms with van der Waals surface area (Å²) < 4.78 is 5.22. The molecule has 1 aromatic heterocycles. The molecule has 8 heteroatoms. The predicted octanol–water partition coefficient (Wildman–Crippen LogP) is 3.01. The molecule has 1 N–H and O–H groups in total. The van der Waals surface area contributed by atoms with Crippen LogP contribution in [0.1, 0.15) is 62.6 Å². The van der Waals surface area contributed by atoms with Crippen molar-refractivity contribution in [3.8, 4) is 0 Å². The topological polar surface area (TPSA) is 92.8 Å². The van der Waals surface area contributed by atoms with E-state index in [2.05, 4.69) is 5.32 Å². The SMILES string of the molecule is CCCCN1C(=O)c2ccc(C(=O)O[C@H](C)C(=O)NCc3cccs3)cc2C1=O. The van der Waals surface area contributed by atoms with Crippen molar-refractivity contribution >= 4 is 35.0 Å². The summed E-state index contributed by atoms with van der Waals surface area (Å²) >= 11 is 1.52. The lowest BCUT2D eigenvalue weighted by Crippen LogP contribution is -2.35. The standard InChI is InChI=1S/C21H22N2O5S/c1-3-4-9-23-19(25)16-8-7-14(11-17(16)20(23)26)21(27)28-13(2)18(24)22-12-15-6-5-10-29-15/h5-8,10-11,13H,3-4,9,12H2,1-2H3,(H,22,24)/t13-/m1/s1. The summed E-state index contributed by atoms with van der Waals surface area (Å²) in [6, 6.07) is 8.04. The number of benzene rings is 1. The van der Waals surface area contributed by atoms with E-state index in [1.807, 2.05) is 24.4 Å². The lowest BCUT2D eigenvalue weighted by Gasteiger charge is -2.13. The van der Waals surface area contributed by atoms with E-state index in [9.17, 15) is 19.2 Å². The van der Waals surface area contributed by atoms with Gasteiger partial charge in [-0.1, -0.05) is 19.4 Å². The normalized spacial score (nSPS) is 13.9. The largest absolute Gasteiger partial charge is 0.449 e. The minimum absolute atomic E-state index is 0.125. The highest BCUT2D eigenvalue weighted by Crippen LogP contribution is 2.25. The quantitative estimate of drug-likeness (QED) is 0.529. The number of carbonyl (C=O) groups is 4. The van der Waals surface area contributed by atoms with Crippen molar-refractivity contribution in [2.75, 3.05) is 6.54 Å². The average Bonchev–Trinajstić information content (AvgIpc) is 3.32. The predicted molar refractivity (Wildman–Crippen MR) is 108 cm³/mol. The van der Waals surface area contributed by atoms with Gasteiger partial charge in [0.25, 0.3) is 17.7 Å². The van der Waals surface area contributed by atoms with E-state index in [-0.39, 0.29) is 22.6 Å². The molecule has 1 aromatic carbocycles. The van der Waals surface area contributed by atoms with Gasteiger partial charge in [-0.25, -0.2) is 4.79 Å². The fraction of sp³-hybridized carbons (Fsp3) is 0.333. The van der Waals surface area contributed by atoms with Crippen LogP contribution in [0.2, 0.25) is 0 Å². The number of hydrogen-bond acceptors (Lipinski definition) is 6. The van der Waals surface area contributed by atoms with E-state index in [1.165, 1.54) is 41.4 Å². The molecule has 0 aliphatic carbocycles. The van der Waals surface area contributed by atoms with Crippen LogP contribution in [0.15, 0.2) is 35.7 Å². The first-order valence-corrected chi connectivity index (χ1v) is 10.3. The summed E-state index contributed by atoms with van der Waals surface area (Å²) in [5.41, 5.74) is 0.597. The Balaban J connectivity index is 1.63. The van der Waals surface area contributed by atoms with Crippen LogP contribution >= 0.6 is 11.3 Å². The van der Waals surface area contributed by atoms with Gasteiger partial charge in [-0.3, -0.25) is 19.3 Å². The zero-order chi connectivity index (χ0) is 21.0. The van der Waals surface area contributed by atoms with Crippen LogP contribution in [-0.4, -0.2) is 41.2 Å². The molecule has 3 rings (SSSR count). The van der Waals surface area contributed by atoms with Crippen LogP contribution < -0.4 is 5.32 Å². The maximum atomic E-state index is 12.5. The van der Waals surface area contributed by atoms with Crippen LogP contribution in [0.4, 0.5) is 0 Å². The number of carbonyl (C=O) groups excluding carboxylic acids is 4. The highest BCUT2D eigenvalue weighted by molar-refractivity contribution is 7.09. The molecule has 0 spiro atoms. The molecule has 1 atom stereocenters. The Labute approximate surface area is 172 Å². The molecule has 0 saturated carbocycles. The highest BCUT2D eigenvalue weighted by atomic mass is 32.1. The van der Waals surface area contributed by atoms with E-state index < -0.39 is 23.9 Å². The van der Waals surface area contributed by atoms with E-state index in [0.717, 1.165) is 17.7 Å². The Bertz CT molecular complexity index is 939. The average molecular weight is 414 g/mol. The first-order chi connectivity index (χ1) is 13.9. The number of rotatable bonds is 8. The molecule has 3 amide bonds. The molecule has 0 bridgehead atoms. The minimum atomic E-state index is -0.992. The van der Waals surface area contributed by atoms with Gasteiger partial charge in [0.1, 0.15) is 0 Å². The second kappa shape index (κ2) is 9.00. The van der Waals surface area contributed by atoms with E-state index in [0.29, 0.717) is 13.1 Å². The number of hydrogen-bond donors (Lipinski definition) is 1. The molecule has 2 heterocycles. The van der Waals surface area contributed by atoms with E-state index >= 15 is 0 Å². The molecule has 0 unspecified atom stereocenters. The Hall–Kier alpha value is -3.00. The highest BCUT2D eigenvalue weighted by Gasteiger charge is 2.35. The monoisotopic (exact) mass is 414 g/mol. The van der Waals surface area contributed by atoms with E-state index in [1.54, 1.807) is 0 Å². The van der Waals surface area contributed by atoms with Gasteiger partial charge in [0.05, 0.1) is 23.2 Å². The maximum absolute atomic E-state index is 12.5. The molecule has 0 saturated heterocycles. The van der Waals surface area contributed by atoms with Crippen LogP contribution in [-0.2, 0) is 16.1 Å². The third-order valence-electron chi connectivity index (χ3n) is 4.61. The maximum Gasteiger partial charge on any atom is 0.338 e. The summed E-state index contributed by atoms with van der Waals surface area (Å²) in [4.78, 5) is 51.6. The first kappa shape index (κ1) is 20.7. The van der Waals surface area contributed by atoms with Crippen molar-refractivity contribution in [3.05, 3.63) is 57.3 Å². The molecule has 0 radical (unpaired) electrons. The Morgan fingerprint density at radius 2 is 1.93 bits per heavy atom. The molecule has 0 fully saturated rings. The fourth-order valence-corrected chi connectivity index (χ4v) is 3.59. The zero-order valence-corrected chi connectivity index (χ0v) is 17.1. The summed E-state index contributed by atoms with van der Waals surface area (Å²) in [5, 5.41) is 4.62. The second-order valence-electron chi connectivity index (χ2n) is 6.72. The van der Waals surface area contributed by atoms with Gasteiger partial charge in [0.15, 0.2) is 6.10 Å². The first-order valence-electron chi connectivity index (χ1n) is 9.43. The zero-order valence-electron chi connectivity index (χ0n) is 16.3. The molecule has 7 nitrogen and oxygen atoms in total. The number of ether oxygens (including phenoxy) is 1. The molecular formula is C21H22N2O5S. The molecule has 29 heavy (non-hydrogen) atoms. The smallest absolute Gasteiger partial charge is 0.338 e. The van der Waals surface area contributed by atoms with Crippen LogP contribution in [0, 0.1) is 0 Å². The number of thiophene rings is 1. The number of amides is 3. The van der Waals surface area contributed by atoms with Gasteiger partial charge in [-0.15, -0.1) is 11.3 Å². The number of nitrogens with one attached hydrogen (secondary N) is 1. The number of esters is 1. The Morgan fingerprint density at radius 1 is 1.17 bits per heavy atom. The summed E-state index contributed by atoms with van der Waals surface area (Å²) in [5.74, 6) is -1.89. The molecular weight excluding hydrogens is 392 g/mol. The number of fused-ring (bicyclic) bond motifs is 1. The van der Waals surface area contributed by atoms with Crippen LogP contribution in [0.3, 0.4) is 0 Å². The molecule has 152 valence electrons. The molecule has 1 aliphatic rings. The Morgan fingerprint density at radius 3 is 2.62 bits per heavy atom. The van der Waals surface area contributed by atoms with Crippen LogP contribution in [0.25, 0.3) is 0 Å². The third kappa shape index (κ3) is 4.54. The van der Waals surface area contributed by atoms with Gasteiger partial charge >= 0.3 is 5.97 Å². The van der Waals surface area contributed by atoms with Gasteiger partial charge in [-0.05, 0) is 43.0 Å². The fourth-order valence-electron chi connectivity index (χ4n) is 2.95. The number of imide groups is 1. The van der Waals surface area contributed by atoms with Crippen molar-refractivity contribution in [2.45, 2.75) is 39.3 Å². The summed E-state index contributed by atoms with van der Waals surface area (Å²) in [6.45, 7) is 4.17. The minimum Gasteiger partial charge on any atom is -0.449 e. The van der Waals surface area contributed by atoms with Crippen molar-refractivity contribution in [2.24, 2.45) is 0 Å². The van der Waals surface area contributed by atoms with Gasteiger partial charge in [-0.2, -0.15) is 0 Å². The van der Waals surface area contributed by atoms with Gasteiger partial charge in [0, 0.05) is 11.4 Å². The lowest BCUT2D eigenvalue weighted by atomic mass is 10.1. The van der Waals surface area contributed by atoms with Crippen LogP contribution in [0.5, 0.6) is 0 Å². The van der Waals surface area contributed by atoms with Crippen molar-refractivity contribution in [3.63, 3.8) is 0 Å². The lowest BCUT2D eigenvalue weighted by molar-refractivity contribution is -0.129. The number of nitrogens with zero attached hydrogens (tertiary/aromatic N) is 1. The second-order valence-corrected chi connectivity index (χ2v) is 7.75. The molecule has 2 aromatic rings. The van der Waals surface area contributed by atoms with Crippen molar-refractivity contribution in [1.82, 2.24) is 10.2 Å². The van der Waals surface area contributed by atoms with Crippen molar-refractivity contribution in [1.29, 1.82) is 0 Å². The number of unbranched alkanes of at least 4 members (excludes halogenated alkanes) is 1. The van der Waals surface area contributed by atoms with Gasteiger partial charge in [0.2, 0.25) is 0 Å². The van der Waals surface area contributed by atoms with E-state index in [4.69, 9.17) is 4.74 Å².